The molecule has 0 spiro atoms. The first-order chi connectivity index (χ1) is 10.1. The Morgan fingerprint density at radius 2 is 1.67 bits per heavy atom. The van der Waals surface area contributed by atoms with Gasteiger partial charge in [-0.3, -0.25) is 0 Å². The van der Waals surface area contributed by atoms with Gasteiger partial charge in [0.15, 0.2) is 0 Å². The summed E-state index contributed by atoms with van der Waals surface area (Å²) in [6, 6.07) is 10.8. The highest BCUT2D eigenvalue weighted by Gasteiger charge is 2.37. The van der Waals surface area contributed by atoms with E-state index in [9.17, 15) is 0 Å². The number of hydrogen-bond acceptors (Lipinski definition) is 2. The Bertz CT molecular complexity index is 405. The Morgan fingerprint density at radius 3 is 2.24 bits per heavy atom. The summed E-state index contributed by atoms with van der Waals surface area (Å²) in [6.07, 6.45) is 9.56. The van der Waals surface area contributed by atoms with E-state index >= 15 is 0 Å². The van der Waals surface area contributed by atoms with Crippen LogP contribution in [0.4, 0.5) is 0 Å². The number of ether oxygens (including phenoxy) is 1. The highest BCUT2D eigenvalue weighted by molar-refractivity contribution is 5.17. The van der Waals surface area contributed by atoms with Crippen molar-refractivity contribution in [3.63, 3.8) is 0 Å². The Morgan fingerprint density at radius 1 is 1.05 bits per heavy atom. The van der Waals surface area contributed by atoms with Gasteiger partial charge in [0.1, 0.15) is 0 Å². The lowest BCUT2D eigenvalue weighted by atomic mass is 9.86. The van der Waals surface area contributed by atoms with Gasteiger partial charge in [0.2, 0.25) is 0 Å². The maximum absolute atomic E-state index is 6.71. The van der Waals surface area contributed by atoms with Crippen LogP contribution in [0.15, 0.2) is 30.3 Å². The fourth-order valence-electron chi connectivity index (χ4n) is 3.64. The summed E-state index contributed by atoms with van der Waals surface area (Å²) in [5, 5.41) is 0. The smallest absolute Gasteiger partial charge is 0.0730 e. The van der Waals surface area contributed by atoms with E-state index in [1.54, 1.807) is 0 Å². The van der Waals surface area contributed by atoms with Crippen molar-refractivity contribution in [2.45, 2.75) is 76.4 Å². The molecule has 0 bridgehead atoms. The van der Waals surface area contributed by atoms with E-state index in [1.807, 2.05) is 0 Å². The Labute approximate surface area is 130 Å². The Balaban J connectivity index is 2.17. The number of hydrogen-bond donors (Lipinski definition) is 1. The van der Waals surface area contributed by atoms with Gasteiger partial charge >= 0.3 is 0 Å². The minimum Gasteiger partial charge on any atom is -0.369 e. The molecule has 1 saturated carbocycles. The van der Waals surface area contributed by atoms with Crippen LogP contribution in [0.1, 0.15) is 64.4 Å². The fraction of sp³-hybridized carbons (Fsp3) is 0.684. The first kappa shape index (κ1) is 16.5. The molecule has 0 aromatic heterocycles. The maximum Gasteiger partial charge on any atom is 0.0730 e. The van der Waals surface area contributed by atoms with Gasteiger partial charge in [0.25, 0.3) is 0 Å². The maximum atomic E-state index is 6.71. The minimum absolute atomic E-state index is 0.00345. The molecule has 1 aromatic carbocycles. The molecule has 1 aromatic rings. The zero-order chi connectivity index (χ0) is 15.2. The third kappa shape index (κ3) is 5.12. The van der Waals surface area contributed by atoms with Crippen molar-refractivity contribution in [2.24, 2.45) is 5.73 Å². The van der Waals surface area contributed by atoms with Gasteiger partial charge in [-0.15, -0.1) is 0 Å². The zero-order valence-corrected chi connectivity index (χ0v) is 13.7. The predicted molar refractivity (Wildman–Crippen MR) is 89.4 cm³/mol. The van der Waals surface area contributed by atoms with Crippen LogP contribution in [-0.2, 0) is 11.2 Å². The lowest BCUT2D eigenvalue weighted by Gasteiger charge is -2.41. The zero-order valence-electron chi connectivity index (χ0n) is 13.7. The van der Waals surface area contributed by atoms with E-state index < -0.39 is 0 Å². The van der Waals surface area contributed by atoms with Gasteiger partial charge in [-0.2, -0.15) is 0 Å². The van der Waals surface area contributed by atoms with Crippen LogP contribution in [0.5, 0.6) is 0 Å². The van der Waals surface area contributed by atoms with Crippen LogP contribution in [0.25, 0.3) is 0 Å². The average Bonchev–Trinajstić information content (AvgIpc) is 2.65. The summed E-state index contributed by atoms with van der Waals surface area (Å²) < 4.78 is 6.71. The summed E-state index contributed by atoms with van der Waals surface area (Å²) in [4.78, 5) is 0. The minimum atomic E-state index is -0.131. The van der Waals surface area contributed by atoms with E-state index in [4.69, 9.17) is 10.5 Å². The van der Waals surface area contributed by atoms with Crippen molar-refractivity contribution in [3.8, 4) is 0 Å². The van der Waals surface area contributed by atoms with Crippen molar-refractivity contribution < 1.29 is 4.74 Å². The van der Waals surface area contributed by atoms with E-state index in [-0.39, 0.29) is 11.2 Å². The van der Waals surface area contributed by atoms with Gasteiger partial charge < -0.3 is 10.5 Å². The van der Waals surface area contributed by atoms with Gasteiger partial charge in [-0.25, -0.2) is 0 Å². The molecule has 0 radical (unpaired) electrons. The first-order valence-electron chi connectivity index (χ1n) is 8.49. The monoisotopic (exact) mass is 289 g/mol. The molecule has 21 heavy (non-hydrogen) atoms. The summed E-state index contributed by atoms with van der Waals surface area (Å²) >= 11 is 0. The van der Waals surface area contributed by atoms with Crippen LogP contribution < -0.4 is 5.73 Å². The number of benzene rings is 1. The molecule has 0 unspecified atom stereocenters. The molecular weight excluding hydrogens is 258 g/mol. The molecule has 0 heterocycles. The second kappa shape index (κ2) is 7.42. The van der Waals surface area contributed by atoms with E-state index in [1.165, 1.54) is 44.1 Å². The Hall–Kier alpha value is -0.860. The van der Waals surface area contributed by atoms with E-state index in [0.29, 0.717) is 6.54 Å². The molecule has 1 aliphatic carbocycles. The number of nitrogens with two attached hydrogens (primary N) is 1. The summed E-state index contributed by atoms with van der Waals surface area (Å²) in [5.41, 5.74) is 7.02. The quantitative estimate of drug-likeness (QED) is 0.784. The fourth-order valence-corrected chi connectivity index (χ4v) is 3.64. The average molecular weight is 289 g/mol. The lowest BCUT2D eigenvalue weighted by Crippen LogP contribution is -2.44. The van der Waals surface area contributed by atoms with Gasteiger partial charge in [-0.1, -0.05) is 56.0 Å². The molecule has 2 nitrogen and oxygen atoms in total. The summed E-state index contributed by atoms with van der Waals surface area (Å²) in [5.74, 6) is 0. The first-order valence-corrected chi connectivity index (χ1v) is 8.49. The second-order valence-corrected chi connectivity index (χ2v) is 7.16. The van der Waals surface area contributed by atoms with Crippen LogP contribution in [0.3, 0.4) is 0 Å². The summed E-state index contributed by atoms with van der Waals surface area (Å²) in [7, 11) is 0. The molecule has 118 valence electrons. The van der Waals surface area contributed by atoms with Crippen molar-refractivity contribution in [2.75, 3.05) is 6.54 Å². The topological polar surface area (TPSA) is 35.2 Å². The molecule has 2 N–H and O–H groups in total. The molecule has 0 saturated heterocycles. The van der Waals surface area contributed by atoms with E-state index in [2.05, 4.69) is 44.2 Å². The highest BCUT2D eigenvalue weighted by atomic mass is 16.5. The van der Waals surface area contributed by atoms with Crippen molar-refractivity contribution >= 4 is 0 Å². The van der Waals surface area contributed by atoms with Crippen molar-refractivity contribution in [1.82, 2.24) is 0 Å². The molecule has 2 heteroatoms. The highest BCUT2D eigenvalue weighted by Crippen LogP contribution is 2.37. The molecule has 0 amide bonds. The molecule has 1 fully saturated rings. The molecule has 1 aliphatic rings. The molecule has 2 rings (SSSR count). The largest absolute Gasteiger partial charge is 0.369 e. The Kier molecular flexibility index (Phi) is 5.83. The van der Waals surface area contributed by atoms with E-state index in [0.717, 1.165) is 12.8 Å². The van der Waals surface area contributed by atoms with Gasteiger partial charge in [0, 0.05) is 6.42 Å². The molecule has 0 aliphatic heterocycles. The standard InChI is InChI=1S/C19H31NO/c1-18(2,14-15-20)21-19(12-8-3-4-9-13-19)16-17-10-6-5-7-11-17/h5-7,10-11H,3-4,8-9,12-16,20H2,1-2H3. The molecule has 0 atom stereocenters. The summed E-state index contributed by atoms with van der Waals surface area (Å²) in [6.45, 7) is 5.07. The van der Waals surface area contributed by atoms with Crippen LogP contribution >= 0.6 is 0 Å². The number of rotatable bonds is 6. The van der Waals surface area contributed by atoms with Gasteiger partial charge in [0.05, 0.1) is 11.2 Å². The van der Waals surface area contributed by atoms with Crippen LogP contribution in [-0.4, -0.2) is 17.7 Å². The second-order valence-electron chi connectivity index (χ2n) is 7.16. The normalized spacial score (nSPS) is 19.2. The van der Waals surface area contributed by atoms with Gasteiger partial charge in [-0.05, 0) is 45.2 Å². The van der Waals surface area contributed by atoms with Crippen molar-refractivity contribution in [1.29, 1.82) is 0 Å². The lowest BCUT2D eigenvalue weighted by molar-refractivity contribution is -0.149. The van der Waals surface area contributed by atoms with Crippen LogP contribution in [0.2, 0.25) is 0 Å². The SMILES string of the molecule is CC(C)(CCN)OC1(Cc2ccccc2)CCCCCC1. The third-order valence-electron chi connectivity index (χ3n) is 4.62. The molecular formula is C19H31NO. The predicted octanol–water partition coefficient (Wildman–Crippen LogP) is 4.47. The van der Waals surface area contributed by atoms with Crippen LogP contribution in [0, 0.1) is 0 Å². The van der Waals surface area contributed by atoms with Crippen molar-refractivity contribution in [3.05, 3.63) is 35.9 Å². The third-order valence-corrected chi connectivity index (χ3v) is 4.62.